The summed E-state index contributed by atoms with van der Waals surface area (Å²) in [5.41, 5.74) is 7.44. The van der Waals surface area contributed by atoms with Crippen molar-refractivity contribution >= 4 is 5.69 Å². The Kier molecular flexibility index (Phi) is 5.05. The molecule has 134 valence electrons. The van der Waals surface area contributed by atoms with Crippen molar-refractivity contribution < 1.29 is 9.84 Å². The molecule has 0 radical (unpaired) electrons. The second-order valence-electron chi connectivity index (χ2n) is 7.62. The van der Waals surface area contributed by atoms with Crippen molar-refractivity contribution in [3.63, 3.8) is 0 Å². The lowest BCUT2D eigenvalue weighted by Gasteiger charge is -2.21. The van der Waals surface area contributed by atoms with Crippen LogP contribution in [0.4, 0.5) is 5.69 Å². The Labute approximate surface area is 151 Å². The summed E-state index contributed by atoms with van der Waals surface area (Å²) in [6.45, 7) is 9.67. The molecule has 2 aromatic rings. The molecule has 0 saturated carbocycles. The van der Waals surface area contributed by atoms with Crippen molar-refractivity contribution in [2.24, 2.45) is 0 Å². The number of anilines is 1. The fraction of sp³-hybridized carbons (Fsp3) is 0.455. The first-order valence-corrected chi connectivity index (χ1v) is 9.15. The summed E-state index contributed by atoms with van der Waals surface area (Å²) >= 11 is 0. The number of ether oxygens (including phenoxy) is 1. The highest BCUT2D eigenvalue weighted by atomic mass is 16.5. The van der Waals surface area contributed by atoms with Crippen LogP contribution in [0, 0.1) is 13.8 Å². The molecular weight excluding hydrogens is 310 g/mol. The lowest BCUT2D eigenvalue weighted by atomic mass is 9.90. The van der Waals surface area contributed by atoms with E-state index < -0.39 is 0 Å². The van der Waals surface area contributed by atoms with Gasteiger partial charge in [0, 0.05) is 30.8 Å². The molecule has 3 rings (SSSR count). The zero-order chi connectivity index (χ0) is 18.0. The van der Waals surface area contributed by atoms with Gasteiger partial charge in [-0.3, -0.25) is 0 Å². The standard InChI is InChI=1S/C22H29NO2/c1-15-18(11-8-12-24)21-19(13-22(3,4)25-21)16(2)20(15)23-14-17-9-6-5-7-10-17/h5-7,9-10,23-24H,8,11-14H2,1-4H3. The van der Waals surface area contributed by atoms with E-state index in [9.17, 15) is 5.11 Å². The largest absolute Gasteiger partial charge is 0.487 e. The van der Waals surface area contributed by atoms with Gasteiger partial charge in [-0.05, 0) is 62.8 Å². The lowest BCUT2D eigenvalue weighted by Crippen LogP contribution is -2.25. The van der Waals surface area contributed by atoms with E-state index in [4.69, 9.17) is 4.74 Å². The van der Waals surface area contributed by atoms with Crippen LogP contribution in [-0.4, -0.2) is 17.3 Å². The van der Waals surface area contributed by atoms with Gasteiger partial charge in [0.15, 0.2) is 0 Å². The van der Waals surface area contributed by atoms with Crippen LogP contribution in [0.25, 0.3) is 0 Å². The van der Waals surface area contributed by atoms with Crippen LogP contribution >= 0.6 is 0 Å². The predicted molar refractivity (Wildman–Crippen MR) is 104 cm³/mol. The molecule has 0 fully saturated rings. The van der Waals surface area contributed by atoms with Gasteiger partial charge in [-0.15, -0.1) is 0 Å². The summed E-state index contributed by atoms with van der Waals surface area (Å²) in [5, 5.41) is 12.9. The van der Waals surface area contributed by atoms with Gasteiger partial charge in [0.2, 0.25) is 0 Å². The van der Waals surface area contributed by atoms with Crippen molar-refractivity contribution in [2.75, 3.05) is 11.9 Å². The molecule has 2 aromatic carbocycles. The van der Waals surface area contributed by atoms with Crippen LogP contribution in [0.3, 0.4) is 0 Å². The minimum atomic E-state index is -0.161. The number of hydrogen-bond donors (Lipinski definition) is 2. The molecule has 3 heteroatoms. The Bertz CT molecular complexity index is 751. The van der Waals surface area contributed by atoms with Gasteiger partial charge < -0.3 is 15.2 Å². The average Bonchev–Trinajstić information content (AvgIpc) is 2.91. The summed E-state index contributed by atoms with van der Waals surface area (Å²) in [5.74, 6) is 1.05. The molecule has 0 atom stereocenters. The number of hydrogen-bond acceptors (Lipinski definition) is 3. The molecule has 0 amide bonds. The third-order valence-corrected chi connectivity index (χ3v) is 5.08. The Balaban J connectivity index is 1.98. The maximum atomic E-state index is 9.29. The van der Waals surface area contributed by atoms with E-state index in [1.54, 1.807) is 0 Å². The zero-order valence-corrected chi connectivity index (χ0v) is 15.8. The molecule has 0 bridgehead atoms. The van der Waals surface area contributed by atoms with Crippen molar-refractivity contribution in [1.82, 2.24) is 0 Å². The fourth-order valence-electron chi connectivity index (χ4n) is 3.79. The van der Waals surface area contributed by atoms with Crippen LogP contribution in [-0.2, 0) is 19.4 Å². The summed E-state index contributed by atoms with van der Waals surface area (Å²) in [6.07, 6.45) is 2.54. The Morgan fingerprint density at radius 2 is 1.84 bits per heavy atom. The first kappa shape index (κ1) is 17.8. The second-order valence-corrected chi connectivity index (χ2v) is 7.62. The van der Waals surface area contributed by atoms with Crippen molar-refractivity contribution in [2.45, 2.75) is 59.1 Å². The van der Waals surface area contributed by atoms with E-state index in [1.165, 1.54) is 33.5 Å². The number of aliphatic hydroxyl groups excluding tert-OH is 1. The lowest BCUT2D eigenvalue weighted by molar-refractivity contribution is 0.137. The average molecular weight is 339 g/mol. The number of nitrogens with one attached hydrogen (secondary N) is 1. The molecule has 0 saturated heterocycles. The normalized spacial score (nSPS) is 14.9. The summed E-state index contributed by atoms with van der Waals surface area (Å²) in [6, 6.07) is 10.5. The summed E-state index contributed by atoms with van der Waals surface area (Å²) < 4.78 is 6.29. The predicted octanol–water partition coefficient (Wildman–Crippen LogP) is 4.55. The van der Waals surface area contributed by atoms with E-state index in [0.717, 1.165) is 31.6 Å². The quantitative estimate of drug-likeness (QED) is 0.811. The van der Waals surface area contributed by atoms with Gasteiger partial charge in [-0.2, -0.15) is 0 Å². The van der Waals surface area contributed by atoms with Gasteiger partial charge >= 0.3 is 0 Å². The zero-order valence-electron chi connectivity index (χ0n) is 15.8. The van der Waals surface area contributed by atoms with Gasteiger partial charge in [0.25, 0.3) is 0 Å². The molecule has 0 spiro atoms. The molecule has 1 heterocycles. The fourth-order valence-corrected chi connectivity index (χ4v) is 3.79. The second kappa shape index (κ2) is 7.09. The first-order valence-electron chi connectivity index (χ1n) is 9.15. The Morgan fingerprint density at radius 1 is 1.12 bits per heavy atom. The minimum absolute atomic E-state index is 0.161. The smallest absolute Gasteiger partial charge is 0.127 e. The maximum Gasteiger partial charge on any atom is 0.127 e. The van der Waals surface area contributed by atoms with Gasteiger partial charge in [-0.1, -0.05) is 30.3 Å². The summed E-state index contributed by atoms with van der Waals surface area (Å²) in [7, 11) is 0. The Hall–Kier alpha value is -2.00. The van der Waals surface area contributed by atoms with Gasteiger partial charge in [0.05, 0.1) is 0 Å². The van der Waals surface area contributed by atoms with E-state index in [2.05, 4.69) is 57.3 Å². The molecule has 1 aliphatic heterocycles. The maximum absolute atomic E-state index is 9.29. The van der Waals surface area contributed by atoms with Crippen LogP contribution in [0.5, 0.6) is 5.75 Å². The van der Waals surface area contributed by atoms with E-state index in [1.807, 2.05) is 6.07 Å². The first-order chi connectivity index (χ1) is 11.9. The number of fused-ring (bicyclic) bond motifs is 1. The Morgan fingerprint density at radius 3 is 2.52 bits per heavy atom. The van der Waals surface area contributed by atoms with E-state index in [0.29, 0.717) is 0 Å². The van der Waals surface area contributed by atoms with Crippen LogP contribution < -0.4 is 10.1 Å². The number of benzene rings is 2. The number of rotatable bonds is 6. The molecule has 0 unspecified atom stereocenters. The monoisotopic (exact) mass is 339 g/mol. The van der Waals surface area contributed by atoms with Gasteiger partial charge in [-0.25, -0.2) is 0 Å². The van der Waals surface area contributed by atoms with E-state index >= 15 is 0 Å². The third kappa shape index (κ3) is 3.67. The van der Waals surface area contributed by atoms with Crippen LogP contribution in [0.15, 0.2) is 30.3 Å². The van der Waals surface area contributed by atoms with E-state index in [-0.39, 0.29) is 12.2 Å². The minimum Gasteiger partial charge on any atom is -0.487 e. The third-order valence-electron chi connectivity index (χ3n) is 5.08. The molecule has 2 N–H and O–H groups in total. The summed E-state index contributed by atoms with van der Waals surface area (Å²) in [4.78, 5) is 0. The van der Waals surface area contributed by atoms with Crippen molar-refractivity contribution in [3.05, 3.63) is 58.1 Å². The van der Waals surface area contributed by atoms with Crippen LogP contribution in [0.2, 0.25) is 0 Å². The molecule has 25 heavy (non-hydrogen) atoms. The van der Waals surface area contributed by atoms with Crippen molar-refractivity contribution in [3.8, 4) is 5.75 Å². The highest BCUT2D eigenvalue weighted by Crippen LogP contribution is 2.45. The molecule has 0 aromatic heterocycles. The van der Waals surface area contributed by atoms with Crippen molar-refractivity contribution in [1.29, 1.82) is 0 Å². The van der Waals surface area contributed by atoms with Crippen LogP contribution in [0.1, 0.15) is 48.1 Å². The topological polar surface area (TPSA) is 41.5 Å². The molecule has 1 aliphatic rings. The SMILES string of the molecule is Cc1c(CCCO)c2c(c(C)c1NCc1ccccc1)CC(C)(C)O2. The molecule has 0 aliphatic carbocycles. The number of aliphatic hydroxyl groups is 1. The highest BCUT2D eigenvalue weighted by molar-refractivity contribution is 5.69. The van der Waals surface area contributed by atoms with Gasteiger partial charge in [0.1, 0.15) is 11.4 Å². The molecule has 3 nitrogen and oxygen atoms in total. The highest BCUT2D eigenvalue weighted by Gasteiger charge is 2.35. The molecular formula is C22H29NO2.